The Hall–Kier alpha value is -1.09. The van der Waals surface area contributed by atoms with Gasteiger partial charge in [0.05, 0.1) is 0 Å². The lowest BCUT2D eigenvalue weighted by atomic mass is 10.4. The molecule has 1 aromatic heterocycles. The van der Waals surface area contributed by atoms with Gasteiger partial charge >= 0.3 is 0 Å². The lowest BCUT2D eigenvalue weighted by Gasteiger charge is -1.99. The van der Waals surface area contributed by atoms with E-state index >= 15 is 0 Å². The van der Waals surface area contributed by atoms with Crippen LogP contribution in [0, 0.1) is 0 Å². The van der Waals surface area contributed by atoms with Crippen LogP contribution in [0.5, 0.6) is 0 Å². The molecule has 0 unspecified atom stereocenters. The van der Waals surface area contributed by atoms with Gasteiger partial charge in [0.25, 0.3) is 0 Å². The van der Waals surface area contributed by atoms with Crippen molar-refractivity contribution in [3.05, 3.63) is 23.5 Å². The van der Waals surface area contributed by atoms with E-state index in [0.717, 1.165) is 0 Å². The zero-order chi connectivity index (χ0) is 8.27. The third-order valence-electron chi connectivity index (χ3n) is 1.05. The first-order valence-electron chi connectivity index (χ1n) is 3.07. The lowest BCUT2D eigenvalue weighted by molar-refractivity contribution is -0.114. The van der Waals surface area contributed by atoms with E-state index in [0.29, 0.717) is 10.8 Å². The third-order valence-corrected chi connectivity index (χ3v) is 1.25. The molecule has 1 heterocycles. The molecule has 0 saturated heterocycles. The monoisotopic (exact) mass is 170 g/mol. The van der Waals surface area contributed by atoms with Gasteiger partial charge in [0, 0.05) is 18.8 Å². The average Bonchev–Trinajstić information content (AvgIpc) is 1.85. The van der Waals surface area contributed by atoms with E-state index in [1.54, 1.807) is 12.1 Å². The van der Waals surface area contributed by atoms with Gasteiger partial charge in [-0.05, 0) is 12.1 Å². The minimum absolute atomic E-state index is 0.118. The molecule has 3 nitrogen and oxygen atoms in total. The molecule has 1 N–H and O–H groups in total. The predicted octanol–water partition coefficient (Wildman–Crippen LogP) is 1.69. The van der Waals surface area contributed by atoms with Crippen molar-refractivity contribution in [3.8, 4) is 0 Å². The Bertz CT molecular complexity index is 275. The molecule has 58 valence electrons. The fourth-order valence-corrected chi connectivity index (χ4v) is 0.857. The summed E-state index contributed by atoms with van der Waals surface area (Å²) in [4.78, 5) is 14.3. The number of nitrogens with zero attached hydrogens (tertiary/aromatic N) is 1. The van der Waals surface area contributed by atoms with Gasteiger partial charge in [-0.1, -0.05) is 11.6 Å². The molecule has 0 fully saturated rings. The van der Waals surface area contributed by atoms with Crippen LogP contribution in [0.15, 0.2) is 18.3 Å². The summed E-state index contributed by atoms with van der Waals surface area (Å²) in [6.45, 7) is 1.44. The van der Waals surface area contributed by atoms with E-state index in [4.69, 9.17) is 11.6 Å². The standard InChI is InChI=1S/C7H7ClN2O/c1-5(11)10-6-2-3-9-7(8)4-6/h2-4H,1H3,(H,9,10,11). The number of carbonyl (C=O) groups is 1. The quantitative estimate of drug-likeness (QED) is 0.652. The number of carbonyl (C=O) groups excluding carboxylic acids is 1. The number of rotatable bonds is 1. The molecule has 0 atom stereocenters. The molecule has 1 aromatic rings. The van der Waals surface area contributed by atoms with E-state index in [2.05, 4.69) is 10.3 Å². The number of hydrogen-bond donors (Lipinski definition) is 1. The predicted molar refractivity (Wildman–Crippen MR) is 43.6 cm³/mol. The summed E-state index contributed by atoms with van der Waals surface area (Å²) in [6, 6.07) is 3.26. The Morgan fingerprint density at radius 3 is 3.00 bits per heavy atom. The van der Waals surface area contributed by atoms with Crippen LogP contribution in [0.3, 0.4) is 0 Å². The van der Waals surface area contributed by atoms with Crippen LogP contribution in [0.2, 0.25) is 5.15 Å². The van der Waals surface area contributed by atoms with Gasteiger partial charge in [0.15, 0.2) is 0 Å². The molecule has 0 saturated carbocycles. The highest BCUT2D eigenvalue weighted by atomic mass is 35.5. The average molecular weight is 171 g/mol. The summed E-state index contributed by atoms with van der Waals surface area (Å²) in [6.07, 6.45) is 1.54. The van der Waals surface area contributed by atoms with Crippen molar-refractivity contribution in [3.63, 3.8) is 0 Å². The van der Waals surface area contributed by atoms with Crippen molar-refractivity contribution in [2.45, 2.75) is 6.92 Å². The van der Waals surface area contributed by atoms with Crippen LogP contribution < -0.4 is 5.32 Å². The fraction of sp³-hybridized carbons (Fsp3) is 0.143. The summed E-state index contributed by atoms with van der Waals surface area (Å²) in [5, 5.41) is 2.95. The first-order chi connectivity index (χ1) is 5.18. The molecule has 0 aromatic carbocycles. The van der Waals surface area contributed by atoms with E-state index in [1.807, 2.05) is 0 Å². The summed E-state index contributed by atoms with van der Waals surface area (Å²) in [5.74, 6) is -0.118. The van der Waals surface area contributed by atoms with Gasteiger partial charge < -0.3 is 5.32 Å². The van der Waals surface area contributed by atoms with Crippen LogP contribution in [0.4, 0.5) is 5.69 Å². The number of aromatic nitrogens is 1. The molecule has 0 bridgehead atoms. The van der Waals surface area contributed by atoms with Gasteiger partial charge in [-0.3, -0.25) is 4.79 Å². The third kappa shape index (κ3) is 2.55. The normalized spacial score (nSPS) is 9.27. The molecule has 4 heteroatoms. The van der Waals surface area contributed by atoms with E-state index in [1.165, 1.54) is 13.1 Å². The number of pyridine rings is 1. The topological polar surface area (TPSA) is 42.0 Å². The number of halogens is 1. The van der Waals surface area contributed by atoms with E-state index in [-0.39, 0.29) is 5.91 Å². The van der Waals surface area contributed by atoms with Crippen molar-refractivity contribution in [1.29, 1.82) is 0 Å². The van der Waals surface area contributed by atoms with Crippen molar-refractivity contribution < 1.29 is 4.79 Å². The van der Waals surface area contributed by atoms with Crippen LogP contribution in [0.25, 0.3) is 0 Å². The zero-order valence-electron chi connectivity index (χ0n) is 5.97. The van der Waals surface area contributed by atoms with Crippen molar-refractivity contribution in [1.82, 2.24) is 4.98 Å². The molecule has 0 spiro atoms. The number of amides is 1. The Kier molecular flexibility index (Phi) is 2.44. The highest BCUT2D eigenvalue weighted by Gasteiger charge is 1.95. The molecule has 1 amide bonds. The van der Waals surface area contributed by atoms with Crippen molar-refractivity contribution in [2.75, 3.05) is 5.32 Å². The highest BCUT2D eigenvalue weighted by Crippen LogP contribution is 2.11. The maximum Gasteiger partial charge on any atom is 0.221 e. The van der Waals surface area contributed by atoms with Crippen LogP contribution >= 0.6 is 11.6 Å². The number of anilines is 1. The van der Waals surface area contributed by atoms with Crippen LogP contribution in [-0.2, 0) is 4.79 Å². The van der Waals surface area contributed by atoms with Crippen molar-refractivity contribution >= 4 is 23.2 Å². The molecule has 0 aliphatic carbocycles. The maximum absolute atomic E-state index is 10.5. The van der Waals surface area contributed by atoms with Gasteiger partial charge in [-0.2, -0.15) is 0 Å². The lowest BCUT2D eigenvalue weighted by Crippen LogP contribution is -2.05. The summed E-state index contributed by atoms with van der Waals surface area (Å²) in [7, 11) is 0. The minimum Gasteiger partial charge on any atom is -0.326 e. The zero-order valence-corrected chi connectivity index (χ0v) is 6.72. The second kappa shape index (κ2) is 3.34. The maximum atomic E-state index is 10.5. The fourth-order valence-electron chi connectivity index (χ4n) is 0.683. The molecule has 0 aliphatic heterocycles. The van der Waals surface area contributed by atoms with Gasteiger partial charge in [-0.25, -0.2) is 4.98 Å². The van der Waals surface area contributed by atoms with Gasteiger partial charge in [-0.15, -0.1) is 0 Å². The van der Waals surface area contributed by atoms with Gasteiger partial charge in [0.2, 0.25) is 5.91 Å². The summed E-state index contributed by atoms with van der Waals surface area (Å²) >= 11 is 5.57. The SMILES string of the molecule is CC(=O)Nc1ccnc(Cl)c1. The summed E-state index contributed by atoms with van der Waals surface area (Å²) < 4.78 is 0. The smallest absolute Gasteiger partial charge is 0.221 e. The Labute approximate surface area is 69.4 Å². The Morgan fingerprint density at radius 1 is 1.73 bits per heavy atom. The second-order valence-electron chi connectivity index (χ2n) is 2.05. The van der Waals surface area contributed by atoms with E-state index < -0.39 is 0 Å². The number of hydrogen-bond acceptors (Lipinski definition) is 2. The first-order valence-corrected chi connectivity index (χ1v) is 3.45. The molecule has 11 heavy (non-hydrogen) atoms. The van der Waals surface area contributed by atoms with E-state index in [9.17, 15) is 4.79 Å². The molecular formula is C7H7ClN2O. The minimum atomic E-state index is -0.118. The first kappa shape index (κ1) is 8.01. The Morgan fingerprint density at radius 2 is 2.45 bits per heavy atom. The molecule has 0 aliphatic rings. The highest BCUT2D eigenvalue weighted by molar-refractivity contribution is 6.29. The molecular weight excluding hydrogens is 164 g/mol. The molecule has 1 rings (SSSR count). The summed E-state index contributed by atoms with van der Waals surface area (Å²) in [5.41, 5.74) is 0.664. The molecule has 0 radical (unpaired) electrons. The Balaban J connectivity index is 2.79. The van der Waals surface area contributed by atoms with Crippen molar-refractivity contribution in [2.24, 2.45) is 0 Å². The van der Waals surface area contributed by atoms with Crippen LogP contribution in [-0.4, -0.2) is 10.9 Å². The number of nitrogens with one attached hydrogen (secondary N) is 1. The van der Waals surface area contributed by atoms with Crippen LogP contribution in [0.1, 0.15) is 6.92 Å². The second-order valence-corrected chi connectivity index (χ2v) is 2.44. The van der Waals surface area contributed by atoms with Gasteiger partial charge in [0.1, 0.15) is 5.15 Å². The largest absolute Gasteiger partial charge is 0.326 e.